The second kappa shape index (κ2) is 6.01. The summed E-state index contributed by atoms with van der Waals surface area (Å²) in [4.78, 5) is 0.286. The summed E-state index contributed by atoms with van der Waals surface area (Å²) in [6.45, 7) is 0.986. The van der Waals surface area contributed by atoms with E-state index in [-0.39, 0.29) is 10.8 Å². The van der Waals surface area contributed by atoms with Gasteiger partial charge in [0, 0.05) is 19.5 Å². The van der Waals surface area contributed by atoms with Gasteiger partial charge in [0.1, 0.15) is 5.75 Å². The second-order valence-electron chi connectivity index (χ2n) is 5.23. The van der Waals surface area contributed by atoms with Crippen molar-refractivity contribution in [2.45, 2.75) is 17.7 Å². The topological polar surface area (TPSA) is 101 Å². The summed E-state index contributed by atoms with van der Waals surface area (Å²) in [6.07, 6.45) is 1.43. The fraction of sp³-hybridized carbons (Fsp3) is 0.462. The van der Waals surface area contributed by atoms with Crippen LogP contribution < -0.4 is 4.74 Å². The quantitative estimate of drug-likeness (QED) is 0.858. The molecule has 2 heterocycles. The van der Waals surface area contributed by atoms with E-state index in [2.05, 4.69) is 20.6 Å². The zero-order valence-corrected chi connectivity index (χ0v) is 13.0. The van der Waals surface area contributed by atoms with Crippen LogP contribution in [0.4, 0.5) is 0 Å². The van der Waals surface area contributed by atoms with Crippen LogP contribution in [0.3, 0.4) is 0 Å². The van der Waals surface area contributed by atoms with E-state index in [1.807, 2.05) is 0 Å². The van der Waals surface area contributed by atoms with Gasteiger partial charge < -0.3 is 4.74 Å². The lowest BCUT2D eigenvalue weighted by Gasteiger charge is -2.16. The van der Waals surface area contributed by atoms with Crippen LogP contribution in [-0.4, -0.2) is 53.5 Å². The first-order valence-electron chi connectivity index (χ1n) is 6.96. The Morgan fingerprint density at radius 2 is 2.14 bits per heavy atom. The fourth-order valence-electron chi connectivity index (χ4n) is 2.61. The van der Waals surface area contributed by atoms with Gasteiger partial charge in [0.25, 0.3) is 0 Å². The molecule has 2 aromatic rings. The number of H-pyrrole nitrogens is 1. The highest BCUT2D eigenvalue weighted by molar-refractivity contribution is 7.89. The SMILES string of the molecule is COc1ccc(S(=O)(=O)N2CCC(Cc3nn[nH]n3)C2)cc1. The van der Waals surface area contributed by atoms with Gasteiger partial charge >= 0.3 is 0 Å². The Morgan fingerprint density at radius 3 is 2.77 bits per heavy atom. The van der Waals surface area contributed by atoms with Crippen LogP contribution in [0.2, 0.25) is 0 Å². The summed E-state index contributed by atoms with van der Waals surface area (Å²) in [5, 5.41) is 13.8. The average molecular weight is 323 g/mol. The van der Waals surface area contributed by atoms with Crippen molar-refractivity contribution in [1.82, 2.24) is 24.9 Å². The largest absolute Gasteiger partial charge is 0.497 e. The first-order chi connectivity index (χ1) is 10.6. The maximum absolute atomic E-state index is 12.6. The molecular formula is C13H17N5O3S. The van der Waals surface area contributed by atoms with Crippen molar-refractivity contribution in [2.24, 2.45) is 5.92 Å². The smallest absolute Gasteiger partial charge is 0.243 e. The van der Waals surface area contributed by atoms with Crippen LogP contribution in [-0.2, 0) is 16.4 Å². The Hall–Kier alpha value is -2.00. The summed E-state index contributed by atoms with van der Waals surface area (Å²) in [7, 11) is -1.91. The minimum absolute atomic E-state index is 0.214. The molecule has 1 atom stereocenters. The van der Waals surface area contributed by atoms with Crippen LogP contribution in [0.1, 0.15) is 12.2 Å². The second-order valence-corrected chi connectivity index (χ2v) is 7.16. The predicted octanol–water partition coefficient (Wildman–Crippen LogP) is 0.462. The van der Waals surface area contributed by atoms with E-state index in [9.17, 15) is 8.42 Å². The van der Waals surface area contributed by atoms with Gasteiger partial charge in [-0.3, -0.25) is 0 Å². The minimum atomic E-state index is -3.46. The van der Waals surface area contributed by atoms with Crippen molar-refractivity contribution in [3.05, 3.63) is 30.1 Å². The normalized spacial score (nSPS) is 19.4. The van der Waals surface area contributed by atoms with Gasteiger partial charge in [-0.05, 0) is 36.6 Å². The summed E-state index contributed by atoms with van der Waals surface area (Å²) in [5.41, 5.74) is 0. The fourth-order valence-corrected chi connectivity index (χ4v) is 4.14. The van der Waals surface area contributed by atoms with Crippen LogP contribution in [0.5, 0.6) is 5.75 Å². The summed E-state index contributed by atoms with van der Waals surface area (Å²) in [6, 6.07) is 6.45. The molecular weight excluding hydrogens is 306 g/mol. The average Bonchev–Trinajstić information content (AvgIpc) is 3.20. The Morgan fingerprint density at radius 1 is 1.36 bits per heavy atom. The number of tetrazole rings is 1. The van der Waals surface area contributed by atoms with Crippen LogP contribution in [0.25, 0.3) is 0 Å². The van der Waals surface area contributed by atoms with E-state index in [4.69, 9.17) is 4.74 Å². The van der Waals surface area contributed by atoms with Crippen molar-refractivity contribution >= 4 is 10.0 Å². The molecule has 0 amide bonds. The molecule has 1 unspecified atom stereocenters. The molecule has 1 aliphatic heterocycles. The van der Waals surface area contributed by atoms with Crippen molar-refractivity contribution in [3.8, 4) is 5.75 Å². The molecule has 1 N–H and O–H groups in total. The number of nitrogens with one attached hydrogen (secondary N) is 1. The lowest BCUT2D eigenvalue weighted by atomic mass is 10.1. The Bertz CT molecular complexity index is 715. The summed E-state index contributed by atoms with van der Waals surface area (Å²) < 4.78 is 31.8. The highest BCUT2D eigenvalue weighted by Gasteiger charge is 2.33. The van der Waals surface area contributed by atoms with E-state index >= 15 is 0 Å². The van der Waals surface area contributed by atoms with Crippen LogP contribution in [0, 0.1) is 5.92 Å². The molecule has 8 nitrogen and oxygen atoms in total. The Balaban J connectivity index is 1.70. The van der Waals surface area contributed by atoms with Gasteiger partial charge in [0.05, 0.1) is 12.0 Å². The van der Waals surface area contributed by atoms with Gasteiger partial charge in [-0.2, -0.15) is 9.52 Å². The minimum Gasteiger partial charge on any atom is -0.497 e. The lowest BCUT2D eigenvalue weighted by molar-refractivity contribution is 0.414. The number of aromatic nitrogens is 4. The Kier molecular flexibility index (Phi) is 4.08. The van der Waals surface area contributed by atoms with Gasteiger partial charge in [0.15, 0.2) is 5.82 Å². The van der Waals surface area contributed by atoms with Gasteiger partial charge in [-0.1, -0.05) is 5.21 Å². The number of ether oxygens (including phenoxy) is 1. The van der Waals surface area contributed by atoms with E-state index in [1.165, 1.54) is 4.31 Å². The van der Waals surface area contributed by atoms with Crippen molar-refractivity contribution < 1.29 is 13.2 Å². The number of nitrogens with zero attached hydrogens (tertiary/aromatic N) is 4. The molecule has 22 heavy (non-hydrogen) atoms. The highest BCUT2D eigenvalue weighted by Crippen LogP contribution is 2.26. The molecule has 0 aliphatic carbocycles. The monoisotopic (exact) mass is 323 g/mol. The maximum atomic E-state index is 12.6. The molecule has 1 aliphatic rings. The summed E-state index contributed by atoms with van der Waals surface area (Å²) in [5.74, 6) is 1.47. The van der Waals surface area contributed by atoms with E-state index < -0.39 is 10.0 Å². The predicted molar refractivity (Wildman–Crippen MR) is 77.7 cm³/mol. The lowest BCUT2D eigenvalue weighted by Crippen LogP contribution is -2.29. The number of benzene rings is 1. The molecule has 0 radical (unpaired) electrons. The van der Waals surface area contributed by atoms with Gasteiger partial charge in [-0.15, -0.1) is 10.2 Å². The third-order valence-electron chi connectivity index (χ3n) is 3.81. The molecule has 1 fully saturated rings. The summed E-state index contributed by atoms with van der Waals surface area (Å²) >= 11 is 0. The van der Waals surface area contributed by atoms with E-state index in [0.29, 0.717) is 31.1 Å². The van der Waals surface area contributed by atoms with Crippen molar-refractivity contribution in [2.75, 3.05) is 20.2 Å². The molecule has 1 aromatic heterocycles. The van der Waals surface area contributed by atoms with Gasteiger partial charge in [-0.25, -0.2) is 8.42 Å². The molecule has 0 bridgehead atoms. The van der Waals surface area contributed by atoms with E-state index in [0.717, 1.165) is 6.42 Å². The standard InChI is InChI=1S/C13H17N5O3S/c1-21-11-2-4-12(5-3-11)22(19,20)18-7-6-10(9-18)8-13-14-16-17-15-13/h2-5,10H,6-9H2,1H3,(H,14,15,16,17). The van der Waals surface area contributed by atoms with Crippen molar-refractivity contribution in [3.63, 3.8) is 0 Å². The molecule has 3 rings (SSSR count). The number of aromatic amines is 1. The molecule has 9 heteroatoms. The van der Waals surface area contributed by atoms with Gasteiger partial charge in [0.2, 0.25) is 10.0 Å². The van der Waals surface area contributed by atoms with E-state index in [1.54, 1.807) is 31.4 Å². The molecule has 118 valence electrons. The van der Waals surface area contributed by atoms with Crippen LogP contribution >= 0.6 is 0 Å². The third-order valence-corrected chi connectivity index (χ3v) is 5.69. The number of sulfonamides is 1. The molecule has 1 saturated heterocycles. The molecule has 0 saturated carbocycles. The first-order valence-corrected chi connectivity index (χ1v) is 8.40. The number of hydrogen-bond donors (Lipinski definition) is 1. The highest BCUT2D eigenvalue weighted by atomic mass is 32.2. The number of rotatable bonds is 5. The van der Waals surface area contributed by atoms with Crippen LogP contribution in [0.15, 0.2) is 29.2 Å². The zero-order chi connectivity index (χ0) is 15.6. The maximum Gasteiger partial charge on any atom is 0.243 e. The molecule has 1 aromatic carbocycles. The molecule has 0 spiro atoms. The number of hydrogen-bond acceptors (Lipinski definition) is 6. The number of methoxy groups -OCH3 is 1. The Labute approximate surface area is 128 Å². The third kappa shape index (κ3) is 2.95. The first kappa shape index (κ1) is 14.9. The van der Waals surface area contributed by atoms with Crippen molar-refractivity contribution in [1.29, 1.82) is 0 Å². The zero-order valence-electron chi connectivity index (χ0n) is 12.1.